The van der Waals surface area contributed by atoms with E-state index < -0.39 is 0 Å². The van der Waals surface area contributed by atoms with Crippen molar-refractivity contribution < 1.29 is 23.7 Å². The van der Waals surface area contributed by atoms with Crippen molar-refractivity contribution in [2.24, 2.45) is 0 Å². The summed E-state index contributed by atoms with van der Waals surface area (Å²) in [6.07, 6.45) is 18.0. The molecule has 0 aliphatic carbocycles. The number of ether oxygens (including phenoxy) is 5. The Labute approximate surface area is 229 Å². The van der Waals surface area contributed by atoms with Crippen LogP contribution in [0.3, 0.4) is 0 Å². The highest BCUT2D eigenvalue weighted by atomic mass is 16.6. The van der Waals surface area contributed by atoms with E-state index in [0.29, 0.717) is 6.61 Å². The lowest BCUT2D eigenvalue weighted by Crippen LogP contribution is -2.62. The van der Waals surface area contributed by atoms with Gasteiger partial charge in [-0.3, -0.25) is 0 Å². The fraction of sp³-hybridized carbons (Fsp3) is 1.00. The van der Waals surface area contributed by atoms with Gasteiger partial charge in [-0.2, -0.15) is 0 Å². The van der Waals surface area contributed by atoms with Gasteiger partial charge in [-0.05, 0) is 32.0 Å². The van der Waals surface area contributed by atoms with E-state index in [4.69, 9.17) is 23.7 Å². The zero-order chi connectivity index (χ0) is 26.3. The fourth-order valence-electron chi connectivity index (χ4n) is 6.91. The summed E-state index contributed by atoms with van der Waals surface area (Å²) >= 11 is 0. The van der Waals surface area contributed by atoms with Gasteiger partial charge in [-0.1, -0.05) is 104 Å². The third-order valence-electron chi connectivity index (χ3n) is 9.09. The first kappa shape index (κ1) is 31.4. The third kappa shape index (κ3) is 9.78. The van der Waals surface area contributed by atoms with E-state index in [0.717, 1.165) is 102 Å². The lowest BCUT2D eigenvalue weighted by atomic mass is 9.25. The number of unbranched alkanes of at least 4 members (excludes halogenated alkanes) is 4. The Morgan fingerprint density at radius 3 is 1.57 bits per heavy atom. The first-order valence-corrected chi connectivity index (χ1v) is 16.3. The lowest BCUT2D eigenvalue weighted by molar-refractivity contribution is -0.262. The SMILES string of the molecule is CCCCOCC1O[C@@H](CB2C3CCCC2CCC3)[C@@H](OCCCC)C(OCCCC)[C@@H]1OCCCC. The molecule has 0 aromatic rings. The summed E-state index contributed by atoms with van der Waals surface area (Å²) in [4.78, 5) is 0. The second kappa shape index (κ2) is 18.3. The van der Waals surface area contributed by atoms with Crippen LogP contribution in [-0.2, 0) is 23.7 Å². The van der Waals surface area contributed by atoms with Crippen LogP contribution < -0.4 is 0 Å². The molecule has 37 heavy (non-hydrogen) atoms. The van der Waals surface area contributed by atoms with Crippen molar-refractivity contribution in [1.29, 1.82) is 0 Å². The van der Waals surface area contributed by atoms with E-state index in [2.05, 4.69) is 27.7 Å². The molecular weight excluding hydrogens is 463 g/mol. The molecule has 3 heterocycles. The van der Waals surface area contributed by atoms with Gasteiger partial charge < -0.3 is 23.7 Å². The van der Waals surface area contributed by atoms with Crippen LogP contribution in [0.15, 0.2) is 0 Å². The van der Waals surface area contributed by atoms with Gasteiger partial charge in [0.25, 0.3) is 0 Å². The fourth-order valence-corrected chi connectivity index (χ4v) is 6.91. The maximum atomic E-state index is 7.00. The summed E-state index contributed by atoms with van der Waals surface area (Å²) in [6.45, 7) is 13.3. The van der Waals surface area contributed by atoms with Crippen molar-refractivity contribution >= 4 is 6.71 Å². The van der Waals surface area contributed by atoms with Crippen LogP contribution in [0.1, 0.15) is 118 Å². The minimum atomic E-state index is -0.140. The Morgan fingerprint density at radius 1 is 0.595 bits per heavy atom. The van der Waals surface area contributed by atoms with Crippen LogP contribution in [0.2, 0.25) is 18.0 Å². The zero-order valence-electron chi connectivity index (χ0n) is 24.8. The third-order valence-corrected chi connectivity index (χ3v) is 9.09. The molecule has 0 spiro atoms. The highest BCUT2D eigenvalue weighted by Crippen LogP contribution is 2.49. The van der Waals surface area contributed by atoms with Crippen molar-refractivity contribution in [2.45, 2.75) is 166 Å². The van der Waals surface area contributed by atoms with Crippen molar-refractivity contribution in [1.82, 2.24) is 0 Å². The average molecular weight is 523 g/mol. The van der Waals surface area contributed by atoms with Gasteiger partial charge in [0.15, 0.2) is 0 Å². The van der Waals surface area contributed by atoms with Crippen LogP contribution in [0.4, 0.5) is 0 Å². The van der Waals surface area contributed by atoms with Gasteiger partial charge in [0.1, 0.15) is 31.1 Å². The molecule has 0 saturated carbocycles. The largest absolute Gasteiger partial charge is 0.379 e. The molecule has 216 valence electrons. The highest BCUT2D eigenvalue weighted by molar-refractivity contribution is 6.62. The van der Waals surface area contributed by atoms with Crippen LogP contribution in [-0.4, -0.2) is 70.3 Å². The minimum absolute atomic E-state index is 0.0560. The molecule has 5 nitrogen and oxygen atoms in total. The van der Waals surface area contributed by atoms with Gasteiger partial charge in [0.05, 0.1) is 12.7 Å². The summed E-state index contributed by atoms with van der Waals surface area (Å²) in [5, 5.41) is 0. The molecule has 3 aliphatic rings. The van der Waals surface area contributed by atoms with Gasteiger partial charge >= 0.3 is 0 Å². The topological polar surface area (TPSA) is 46.2 Å². The van der Waals surface area contributed by atoms with Crippen LogP contribution in [0, 0.1) is 0 Å². The molecule has 0 radical (unpaired) electrons. The summed E-state index contributed by atoms with van der Waals surface area (Å²) in [6, 6.07) is 0. The first-order chi connectivity index (χ1) is 18.2. The molecule has 0 aromatic heterocycles. The molecule has 0 N–H and O–H groups in total. The standard InChI is InChI=1S/C31H59BO5/c1-5-9-19-33-24-28-30(35-21-11-7-3)31(36-22-12-8-4)29(34-20-10-6-2)27(37-28)23-32-25-15-13-16-26(32)18-14-17-25/h25-31H,5-24H2,1-4H3/t25?,26?,27-,28?,29+,30+,31?/m0/s1. The van der Waals surface area contributed by atoms with E-state index in [1.807, 2.05) is 0 Å². The normalized spacial score (nSPS) is 32.1. The Balaban J connectivity index is 1.82. The van der Waals surface area contributed by atoms with E-state index >= 15 is 0 Å². The number of hydrogen-bond acceptors (Lipinski definition) is 5. The average Bonchev–Trinajstić information content (AvgIpc) is 2.89. The zero-order valence-corrected chi connectivity index (χ0v) is 24.8. The Bertz CT molecular complexity index is 556. The van der Waals surface area contributed by atoms with Crippen LogP contribution in [0.25, 0.3) is 0 Å². The monoisotopic (exact) mass is 522 g/mol. The van der Waals surface area contributed by atoms with Crippen molar-refractivity contribution in [2.75, 3.05) is 33.0 Å². The molecule has 2 unspecified atom stereocenters. The van der Waals surface area contributed by atoms with Crippen LogP contribution >= 0.6 is 0 Å². The molecule has 3 saturated heterocycles. The maximum Gasteiger partial charge on any atom is 0.149 e. The molecular formula is C31H59BO5. The van der Waals surface area contributed by atoms with Crippen molar-refractivity contribution in [3.05, 3.63) is 0 Å². The molecule has 0 aromatic carbocycles. The van der Waals surface area contributed by atoms with Crippen molar-refractivity contribution in [3.8, 4) is 0 Å². The van der Waals surface area contributed by atoms with Gasteiger partial charge in [0, 0.05) is 26.4 Å². The number of rotatable bonds is 19. The molecule has 5 atom stereocenters. The summed E-state index contributed by atoms with van der Waals surface area (Å²) in [5.74, 6) is 1.73. The van der Waals surface area contributed by atoms with Crippen LogP contribution in [0.5, 0.6) is 0 Å². The Kier molecular flexibility index (Phi) is 15.5. The molecule has 0 amide bonds. The van der Waals surface area contributed by atoms with E-state index in [9.17, 15) is 0 Å². The summed E-state index contributed by atoms with van der Waals surface area (Å²) < 4.78 is 33.1. The molecule has 3 rings (SSSR count). The van der Waals surface area contributed by atoms with Gasteiger partial charge in [-0.15, -0.1) is 0 Å². The van der Waals surface area contributed by atoms with Crippen molar-refractivity contribution in [3.63, 3.8) is 0 Å². The van der Waals surface area contributed by atoms with E-state index in [1.165, 1.54) is 38.5 Å². The first-order valence-electron chi connectivity index (χ1n) is 16.3. The van der Waals surface area contributed by atoms with Gasteiger partial charge in [-0.25, -0.2) is 0 Å². The van der Waals surface area contributed by atoms with E-state index in [-0.39, 0.29) is 30.5 Å². The van der Waals surface area contributed by atoms with Gasteiger partial charge in [0.2, 0.25) is 0 Å². The minimum Gasteiger partial charge on any atom is -0.379 e. The quantitative estimate of drug-likeness (QED) is 0.128. The highest BCUT2D eigenvalue weighted by Gasteiger charge is 2.50. The maximum absolute atomic E-state index is 7.00. The molecule has 3 fully saturated rings. The Morgan fingerprint density at radius 2 is 1.05 bits per heavy atom. The second-order valence-electron chi connectivity index (χ2n) is 12.0. The summed E-state index contributed by atoms with van der Waals surface area (Å²) in [5.41, 5.74) is 0. The molecule has 2 bridgehead atoms. The smallest absolute Gasteiger partial charge is 0.149 e. The van der Waals surface area contributed by atoms with E-state index in [1.54, 1.807) is 0 Å². The molecule has 6 heteroatoms. The number of fused-ring (bicyclic) bond motifs is 2. The lowest BCUT2D eigenvalue weighted by Gasteiger charge is -2.49. The second-order valence-corrected chi connectivity index (χ2v) is 12.0. The Hall–Kier alpha value is -0.135. The predicted molar refractivity (Wildman–Crippen MR) is 154 cm³/mol. The predicted octanol–water partition coefficient (Wildman–Crippen LogP) is 7.73. The summed E-state index contributed by atoms with van der Waals surface area (Å²) in [7, 11) is 0. The number of hydrogen-bond donors (Lipinski definition) is 0. The molecule has 3 aliphatic heterocycles.